The molecule has 0 N–H and O–H groups in total. The van der Waals surface area contributed by atoms with Crippen LogP contribution in [0, 0.1) is 0 Å². The number of hydrogen-bond donors (Lipinski definition) is 0. The molecule has 0 aromatic heterocycles. The van der Waals surface area contributed by atoms with Gasteiger partial charge in [-0.05, 0) is 30.5 Å². The number of hydrogen-bond acceptors (Lipinski definition) is 2. The lowest BCUT2D eigenvalue weighted by Crippen LogP contribution is -2.49. The van der Waals surface area contributed by atoms with Crippen molar-refractivity contribution in [1.29, 1.82) is 0 Å². The fraction of sp³-hybridized carbons (Fsp3) is 0.435. The van der Waals surface area contributed by atoms with Crippen LogP contribution >= 0.6 is 0 Å². The molecule has 2 atom stereocenters. The summed E-state index contributed by atoms with van der Waals surface area (Å²) < 4.78 is 0. The predicted molar refractivity (Wildman–Crippen MR) is 104 cm³/mol. The first-order valence-electron chi connectivity index (χ1n) is 9.42. The van der Waals surface area contributed by atoms with Crippen LogP contribution in [-0.2, 0) is 15.6 Å². The molecular weight excluding hydrogens is 306 g/mol. The topological polar surface area (TPSA) is 20.3 Å². The molecular formula is C23H29NO. The van der Waals surface area contributed by atoms with E-state index in [4.69, 9.17) is 0 Å². The van der Waals surface area contributed by atoms with Crippen LogP contribution in [0.5, 0.6) is 0 Å². The van der Waals surface area contributed by atoms with Gasteiger partial charge < -0.3 is 9.69 Å². The van der Waals surface area contributed by atoms with E-state index in [9.17, 15) is 4.79 Å². The highest BCUT2D eigenvalue weighted by Crippen LogP contribution is 2.38. The van der Waals surface area contributed by atoms with Crippen LogP contribution in [0.2, 0.25) is 0 Å². The largest absolute Gasteiger partial charge is 0.302 e. The molecule has 0 saturated carbocycles. The first-order valence-corrected chi connectivity index (χ1v) is 9.42. The van der Waals surface area contributed by atoms with Gasteiger partial charge in [-0.15, -0.1) is 0 Å². The second-order valence-electron chi connectivity index (χ2n) is 7.72. The van der Waals surface area contributed by atoms with E-state index in [0.717, 1.165) is 44.5 Å². The van der Waals surface area contributed by atoms with Crippen LogP contribution in [0.15, 0.2) is 60.7 Å². The zero-order chi connectivity index (χ0) is 17.8. The summed E-state index contributed by atoms with van der Waals surface area (Å²) in [5.41, 5.74) is 2.33. The quantitative estimate of drug-likeness (QED) is 0.762. The summed E-state index contributed by atoms with van der Waals surface area (Å²) in [5.74, 6) is 0. The van der Waals surface area contributed by atoms with E-state index >= 15 is 0 Å². The van der Waals surface area contributed by atoms with E-state index in [1.54, 1.807) is 0 Å². The van der Waals surface area contributed by atoms with Crippen LogP contribution in [-0.4, -0.2) is 30.8 Å². The van der Waals surface area contributed by atoms with Gasteiger partial charge in [0.05, 0.1) is 5.41 Å². The van der Waals surface area contributed by atoms with Crippen molar-refractivity contribution in [2.24, 2.45) is 0 Å². The average molecular weight is 335 g/mol. The molecule has 0 aliphatic carbocycles. The Morgan fingerprint density at radius 2 is 1.52 bits per heavy atom. The lowest BCUT2D eigenvalue weighted by molar-refractivity contribution is -0.114. The third kappa shape index (κ3) is 3.69. The average Bonchev–Trinajstić information content (AvgIpc) is 2.66. The molecule has 25 heavy (non-hydrogen) atoms. The summed E-state index contributed by atoms with van der Waals surface area (Å²) in [5, 5.41) is 0. The van der Waals surface area contributed by atoms with Crippen molar-refractivity contribution in [3.05, 3.63) is 71.8 Å². The summed E-state index contributed by atoms with van der Waals surface area (Å²) in [4.78, 5) is 14.7. The number of aldehydes is 1. The number of carbonyl (C=O) groups excluding carboxylic acids is 1. The smallest absolute Gasteiger partial charge is 0.131 e. The van der Waals surface area contributed by atoms with Gasteiger partial charge in [-0.25, -0.2) is 0 Å². The second-order valence-corrected chi connectivity index (χ2v) is 7.72. The molecule has 1 aliphatic rings. The molecule has 0 bridgehead atoms. The number of nitrogens with zero attached hydrogens (tertiary/aromatic N) is 1. The standard InChI is InChI=1S/C23H29NO/c1-3-24-17-22(2,20-11-6-4-7-12-20)15-10-16-23(18-24,19-25)21-13-8-5-9-14-21/h4-9,11-14,19H,3,10,15-18H2,1-2H3. The van der Waals surface area contributed by atoms with Gasteiger partial charge in [0.2, 0.25) is 0 Å². The van der Waals surface area contributed by atoms with Crippen LogP contribution in [0.1, 0.15) is 44.2 Å². The monoisotopic (exact) mass is 335 g/mol. The Balaban J connectivity index is 1.91. The van der Waals surface area contributed by atoms with Crippen molar-refractivity contribution in [2.45, 2.75) is 43.9 Å². The highest BCUT2D eigenvalue weighted by atomic mass is 16.1. The lowest BCUT2D eigenvalue weighted by atomic mass is 9.70. The number of benzene rings is 2. The Kier molecular flexibility index (Phi) is 5.39. The Morgan fingerprint density at radius 3 is 2.08 bits per heavy atom. The highest BCUT2D eigenvalue weighted by molar-refractivity contribution is 5.69. The molecule has 1 fully saturated rings. The van der Waals surface area contributed by atoms with Gasteiger partial charge >= 0.3 is 0 Å². The molecule has 2 aromatic carbocycles. The molecule has 1 heterocycles. The van der Waals surface area contributed by atoms with E-state index in [0.29, 0.717) is 0 Å². The molecule has 132 valence electrons. The van der Waals surface area contributed by atoms with Gasteiger partial charge in [0.1, 0.15) is 6.29 Å². The minimum atomic E-state index is -0.380. The summed E-state index contributed by atoms with van der Waals surface area (Å²) in [7, 11) is 0. The first kappa shape index (κ1) is 17.9. The third-order valence-corrected chi connectivity index (χ3v) is 5.92. The summed E-state index contributed by atoms with van der Waals surface area (Å²) >= 11 is 0. The van der Waals surface area contributed by atoms with E-state index in [2.05, 4.69) is 61.2 Å². The van der Waals surface area contributed by atoms with Gasteiger partial charge in [-0.2, -0.15) is 0 Å². The molecule has 1 aliphatic heterocycles. The Bertz CT molecular complexity index is 684. The van der Waals surface area contributed by atoms with Crippen molar-refractivity contribution in [1.82, 2.24) is 4.90 Å². The predicted octanol–water partition coefficient (Wildman–Crippen LogP) is 4.59. The van der Waals surface area contributed by atoms with Crippen molar-refractivity contribution in [3.63, 3.8) is 0 Å². The summed E-state index contributed by atoms with van der Waals surface area (Å²) in [6.07, 6.45) is 4.29. The van der Waals surface area contributed by atoms with Crippen LogP contribution in [0.4, 0.5) is 0 Å². The maximum Gasteiger partial charge on any atom is 0.131 e. The van der Waals surface area contributed by atoms with Crippen molar-refractivity contribution in [3.8, 4) is 0 Å². The highest BCUT2D eigenvalue weighted by Gasteiger charge is 2.39. The van der Waals surface area contributed by atoms with E-state index < -0.39 is 0 Å². The Hall–Kier alpha value is -1.93. The van der Waals surface area contributed by atoms with E-state index in [1.807, 2.05) is 18.2 Å². The number of carbonyl (C=O) groups is 1. The van der Waals surface area contributed by atoms with E-state index in [1.165, 1.54) is 11.8 Å². The molecule has 2 unspecified atom stereocenters. The van der Waals surface area contributed by atoms with Gasteiger partial charge in [0.15, 0.2) is 0 Å². The molecule has 0 amide bonds. The van der Waals surface area contributed by atoms with Crippen LogP contribution in [0.3, 0.4) is 0 Å². The second kappa shape index (κ2) is 7.53. The number of rotatable bonds is 4. The summed E-state index contributed by atoms with van der Waals surface area (Å²) in [6, 6.07) is 21.2. The Morgan fingerprint density at radius 1 is 0.920 bits per heavy atom. The lowest BCUT2D eigenvalue weighted by Gasteiger charge is -2.43. The Labute approximate surface area is 151 Å². The zero-order valence-electron chi connectivity index (χ0n) is 15.4. The number of likely N-dealkylation sites (tertiary alicyclic amines) is 1. The molecule has 0 radical (unpaired) electrons. The van der Waals surface area contributed by atoms with Crippen molar-refractivity contribution >= 4 is 6.29 Å². The van der Waals surface area contributed by atoms with Gasteiger partial charge in [-0.3, -0.25) is 0 Å². The minimum absolute atomic E-state index is 0.142. The summed E-state index contributed by atoms with van der Waals surface area (Å²) in [6.45, 7) is 7.34. The van der Waals surface area contributed by atoms with Crippen LogP contribution < -0.4 is 0 Å². The zero-order valence-corrected chi connectivity index (χ0v) is 15.4. The molecule has 0 spiro atoms. The first-order chi connectivity index (χ1) is 12.1. The van der Waals surface area contributed by atoms with Crippen molar-refractivity contribution < 1.29 is 4.79 Å². The normalized spacial score (nSPS) is 28.1. The molecule has 2 aromatic rings. The van der Waals surface area contributed by atoms with E-state index in [-0.39, 0.29) is 10.8 Å². The maximum absolute atomic E-state index is 12.2. The SMILES string of the molecule is CCN1CC(C)(c2ccccc2)CCCC(C=O)(c2ccccc2)C1. The molecule has 2 nitrogen and oxygen atoms in total. The molecule has 1 saturated heterocycles. The minimum Gasteiger partial charge on any atom is -0.302 e. The third-order valence-electron chi connectivity index (χ3n) is 5.92. The molecule has 2 heteroatoms. The fourth-order valence-corrected chi connectivity index (χ4v) is 4.37. The van der Waals surface area contributed by atoms with Gasteiger partial charge in [0, 0.05) is 18.5 Å². The maximum atomic E-state index is 12.2. The fourth-order valence-electron chi connectivity index (χ4n) is 4.37. The molecule has 3 rings (SSSR count). The number of likely N-dealkylation sites (N-methyl/N-ethyl adjacent to an activating group) is 1. The van der Waals surface area contributed by atoms with Crippen LogP contribution in [0.25, 0.3) is 0 Å². The van der Waals surface area contributed by atoms with Gasteiger partial charge in [-0.1, -0.05) is 80.9 Å². The van der Waals surface area contributed by atoms with Crippen molar-refractivity contribution in [2.75, 3.05) is 19.6 Å². The van der Waals surface area contributed by atoms with Gasteiger partial charge in [0.25, 0.3) is 0 Å².